The molecule has 1 aromatic carbocycles. The molecule has 4 rings (SSSR count). The highest BCUT2D eigenvalue weighted by Gasteiger charge is 2.23. The minimum absolute atomic E-state index is 0.00729. The molecular weight excluding hydrogens is 318 g/mol. The van der Waals surface area contributed by atoms with E-state index in [4.69, 9.17) is 0 Å². The number of nitrogens with zero attached hydrogens (tertiary/aromatic N) is 1. The molecule has 2 aromatic rings. The van der Waals surface area contributed by atoms with Crippen LogP contribution < -0.4 is 10.6 Å². The molecule has 0 bridgehead atoms. The summed E-state index contributed by atoms with van der Waals surface area (Å²) in [5, 5.41) is 7.56. The predicted molar refractivity (Wildman–Crippen MR) is 96.2 cm³/mol. The number of carbonyl (C=O) groups excluding carboxylic acids is 1. The summed E-state index contributed by atoms with van der Waals surface area (Å²) in [5.41, 5.74) is 4.74. The van der Waals surface area contributed by atoms with Crippen LogP contribution in [-0.4, -0.2) is 10.9 Å². The van der Waals surface area contributed by atoms with Crippen molar-refractivity contribution in [2.75, 3.05) is 0 Å². The average molecular weight is 341 g/mol. The second-order valence-corrected chi connectivity index (χ2v) is 7.87. The molecule has 4 nitrogen and oxygen atoms in total. The fourth-order valence-corrected chi connectivity index (χ4v) is 4.85. The van der Waals surface area contributed by atoms with Crippen LogP contribution in [0.15, 0.2) is 18.2 Å². The fraction of sp³-hybridized carbons (Fsp3) is 0.474. The monoisotopic (exact) mass is 341 g/mol. The molecule has 1 aliphatic heterocycles. The summed E-state index contributed by atoms with van der Waals surface area (Å²) in [6.07, 6.45) is 5.02. The Hall–Kier alpha value is -1.72. The number of aromatic nitrogens is 1. The highest BCUT2D eigenvalue weighted by atomic mass is 32.1. The minimum atomic E-state index is 0.00729. The molecule has 2 N–H and O–H groups in total. The Morgan fingerprint density at radius 2 is 2.08 bits per heavy atom. The highest BCUT2D eigenvalue weighted by Crippen LogP contribution is 2.37. The number of aryl methyl sites for hydroxylation is 1. The van der Waals surface area contributed by atoms with Gasteiger partial charge in [-0.1, -0.05) is 31.0 Å². The van der Waals surface area contributed by atoms with Crippen molar-refractivity contribution in [1.82, 2.24) is 15.6 Å². The first-order valence-corrected chi connectivity index (χ1v) is 9.59. The van der Waals surface area contributed by atoms with Crippen molar-refractivity contribution in [3.05, 3.63) is 50.5 Å². The van der Waals surface area contributed by atoms with Crippen LogP contribution in [0.4, 0.5) is 0 Å². The van der Waals surface area contributed by atoms with Crippen molar-refractivity contribution in [2.24, 2.45) is 0 Å². The molecule has 24 heavy (non-hydrogen) atoms. The third kappa shape index (κ3) is 3.10. The van der Waals surface area contributed by atoms with Gasteiger partial charge in [0.1, 0.15) is 4.88 Å². The van der Waals surface area contributed by atoms with E-state index in [0.717, 1.165) is 34.2 Å². The second-order valence-electron chi connectivity index (χ2n) is 6.84. The Morgan fingerprint density at radius 3 is 2.92 bits per heavy atom. The van der Waals surface area contributed by atoms with Gasteiger partial charge in [-0.25, -0.2) is 4.98 Å². The molecule has 1 aromatic heterocycles. The molecule has 0 spiro atoms. The Bertz CT molecular complexity index is 762. The van der Waals surface area contributed by atoms with E-state index in [2.05, 4.69) is 33.8 Å². The van der Waals surface area contributed by atoms with E-state index in [1.165, 1.54) is 36.8 Å². The lowest BCUT2D eigenvalue weighted by atomic mass is 10.1. The molecule has 1 fully saturated rings. The zero-order chi connectivity index (χ0) is 16.5. The van der Waals surface area contributed by atoms with Crippen molar-refractivity contribution in [1.29, 1.82) is 0 Å². The van der Waals surface area contributed by atoms with Crippen LogP contribution in [0.3, 0.4) is 0 Å². The lowest BCUT2D eigenvalue weighted by molar-refractivity contribution is 0.0954. The number of amides is 1. The molecule has 1 saturated carbocycles. The SMILES string of the molecule is Cc1nc(C2CCCC2)sc1C(=O)NCc1ccc2c(c1)CNC2. The first-order chi connectivity index (χ1) is 11.7. The Morgan fingerprint density at radius 1 is 1.29 bits per heavy atom. The van der Waals surface area contributed by atoms with Crippen molar-refractivity contribution in [3.8, 4) is 0 Å². The van der Waals surface area contributed by atoms with Crippen molar-refractivity contribution in [2.45, 2.75) is 58.2 Å². The molecule has 5 heteroatoms. The number of carbonyl (C=O) groups is 1. The number of hydrogen-bond donors (Lipinski definition) is 2. The summed E-state index contributed by atoms with van der Waals surface area (Å²) in [7, 11) is 0. The van der Waals surface area contributed by atoms with E-state index in [9.17, 15) is 4.79 Å². The first-order valence-electron chi connectivity index (χ1n) is 8.77. The summed E-state index contributed by atoms with van der Waals surface area (Å²) in [4.78, 5) is 18.0. The Kier molecular flexibility index (Phi) is 4.37. The van der Waals surface area contributed by atoms with E-state index in [-0.39, 0.29) is 5.91 Å². The summed E-state index contributed by atoms with van der Waals surface area (Å²) >= 11 is 1.59. The second kappa shape index (κ2) is 6.65. The molecule has 1 amide bonds. The zero-order valence-electron chi connectivity index (χ0n) is 14.0. The number of thiazole rings is 1. The van der Waals surface area contributed by atoms with Gasteiger partial charge >= 0.3 is 0 Å². The molecule has 0 atom stereocenters. The van der Waals surface area contributed by atoms with Gasteiger partial charge in [0.2, 0.25) is 0 Å². The van der Waals surface area contributed by atoms with Crippen LogP contribution in [0, 0.1) is 6.92 Å². The Labute approximate surface area is 146 Å². The van der Waals surface area contributed by atoms with Gasteiger partial charge in [-0.15, -0.1) is 11.3 Å². The quantitative estimate of drug-likeness (QED) is 0.893. The van der Waals surface area contributed by atoms with Crippen LogP contribution in [-0.2, 0) is 19.6 Å². The molecule has 0 unspecified atom stereocenters. The van der Waals surface area contributed by atoms with Gasteiger partial charge in [-0.05, 0) is 36.5 Å². The van der Waals surface area contributed by atoms with Gasteiger partial charge < -0.3 is 10.6 Å². The smallest absolute Gasteiger partial charge is 0.263 e. The first kappa shape index (κ1) is 15.8. The maximum absolute atomic E-state index is 12.5. The topological polar surface area (TPSA) is 54.0 Å². The molecule has 0 radical (unpaired) electrons. The molecule has 126 valence electrons. The number of benzene rings is 1. The molecule has 0 saturated heterocycles. The largest absolute Gasteiger partial charge is 0.347 e. The predicted octanol–water partition coefficient (Wildman–Crippen LogP) is 3.64. The third-order valence-electron chi connectivity index (χ3n) is 5.08. The van der Waals surface area contributed by atoms with Gasteiger partial charge in [-0.3, -0.25) is 4.79 Å². The lowest BCUT2D eigenvalue weighted by Gasteiger charge is -2.06. The van der Waals surface area contributed by atoms with Gasteiger partial charge in [0.05, 0.1) is 10.7 Å². The van der Waals surface area contributed by atoms with Crippen molar-refractivity contribution in [3.63, 3.8) is 0 Å². The number of hydrogen-bond acceptors (Lipinski definition) is 4. The number of rotatable bonds is 4. The maximum atomic E-state index is 12.5. The zero-order valence-corrected chi connectivity index (χ0v) is 14.8. The van der Waals surface area contributed by atoms with Crippen LogP contribution in [0.5, 0.6) is 0 Å². The minimum Gasteiger partial charge on any atom is -0.347 e. The summed E-state index contributed by atoms with van der Waals surface area (Å²) in [6, 6.07) is 6.46. The highest BCUT2D eigenvalue weighted by molar-refractivity contribution is 7.13. The van der Waals surface area contributed by atoms with E-state index in [0.29, 0.717) is 12.5 Å². The van der Waals surface area contributed by atoms with Crippen molar-refractivity contribution < 1.29 is 4.79 Å². The van der Waals surface area contributed by atoms with Gasteiger partial charge in [0, 0.05) is 25.6 Å². The maximum Gasteiger partial charge on any atom is 0.263 e. The van der Waals surface area contributed by atoms with Crippen LogP contribution in [0.2, 0.25) is 0 Å². The number of fused-ring (bicyclic) bond motifs is 1. The summed E-state index contributed by atoms with van der Waals surface area (Å²) < 4.78 is 0. The standard InChI is InChI=1S/C19H23N3OS/c1-12-17(24-19(22-12)14-4-2-3-5-14)18(23)21-9-13-6-7-15-10-20-11-16(15)8-13/h6-8,14,20H,2-5,9-11H2,1H3,(H,21,23). The lowest BCUT2D eigenvalue weighted by Crippen LogP contribution is -2.22. The average Bonchev–Trinajstić information content (AvgIpc) is 3.31. The molecule has 1 aliphatic carbocycles. The van der Waals surface area contributed by atoms with E-state index in [1.807, 2.05) is 6.92 Å². The van der Waals surface area contributed by atoms with Crippen LogP contribution in [0.25, 0.3) is 0 Å². The third-order valence-corrected chi connectivity index (χ3v) is 6.40. The summed E-state index contributed by atoms with van der Waals surface area (Å²) in [5.74, 6) is 0.576. The van der Waals surface area contributed by atoms with E-state index in [1.54, 1.807) is 11.3 Å². The van der Waals surface area contributed by atoms with E-state index >= 15 is 0 Å². The van der Waals surface area contributed by atoms with Gasteiger partial charge in [-0.2, -0.15) is 0 Å². The van der Waals surface area contributed by atoms with Crippen LogP contribution in [0.1, 0.15) is 68.7 Å². The normalized spacial score (nSPS) is 17.2. The van der Waals surface area contributed by atoms with Gasteiger partial charge in [0.15, 0.2) is 0 Å². The summed E-state index contributed by atoms with van der Waals surface area (Å²) in [6.45, 7) is 4.40. The molecule has 2 aliphatic rings. The fourth-order valence-electron chi connectivity index (χ4n) is 3.70. The molecular formula is C19H23N3OS. The van der Waals surface area contributed by atoms with Gasteiger partial charge in [0.25, 0.3) is 5.91 Å². The van der Waals surface area contributed by atoms with Crippen LogP contribution >= 0.6 is 11.3 Å². The Balaban J connectivity index is 1.42. The van der Waals surface area contributed by atoms with E-state index < -0.39 is 0 Å². The van der Waals surface area contributed by atoms with Crippen molar-refractivity contribution >= 4 is 17.2 Å². The number of nitrogens with one attached hydrogen (secondary N) is 2. The molecule has 2 heterocycles.